The maximum Gasteiger partial charge on any atom is 0.312 e. The van der Waals surface area contributed by atoms with Crippen LogP contribution in [0.5, 0.6) is 0 Å². The fourth-order valence-corrected chi connectivity index (χ4v) is 2.77. The Morgan fingerprint density at radius 3 is 2.94 bits per heavy atom. The Balaban J connectivity index is 2.63. The average Bonchev–Trinajstić information content (AvgIpc) is 2.62. The fourth-order valence-electron chi connectivity index (χ4n) is 1.72. The zero-order valence-electron chi connectivity index (χ0n) is 9.10. The number of carbonyl (C=O) groups is 1. The molecule has 2 heterocycles. The molecule has 0 saturated carbocycles. The van der Waals surface area contributed by atoms with Gasteiger partial charge in [0.05, 0.1) is 15.9 Å². The molecular formula is C11H12N2O2S. The monoisotopic (exact) mass is 236 g/mol. The summed E-state index contributed by atoms with van der Waals surface area (Å²) in [6.45, 7) is 3.82. The number of aryl methyl sites for hydroxylation is 1. The van der Waals surface area contributed by atoms with Gasteiger partial charge in [-0.1, -0.05) is 6.92 Å². The number of carboxylic acids is 1. The third kappa shape index (κ3) is 1.67. The Morgan fingerprint density at radius 1 is 1.56 bits per heavy atom. The summed E-state index contributed by atoms with van der Waals surface area (Å²) >= 11 is 1.51. The summed E-state index contributed by atoms with van der Waals surface area (Å²) in [5.41, 5.74) is 2.58. The van der Waals surface area contributed by atoms with Crippen LogP contribution in [0.1, 0.15) is 30.5 Å². The molecule has 0 fully saturated rings. The molecule has 4 nitrogen and oxygen atoms in total. The van der Waals surface area contributed by atoms with Crippen LogP contribution in [0.25, 0.3) is 10.2 Å². The van der Waals surface area contributed by atoms with Crippen LogP contribution in [0.3, 0.4) is 0 Å². The first-order valence-corrected chi connectivity index (χ1v) is 5.94. The highest BCUT2D eigenvalue weighted by molar-refractivity contribution is 7.17. The van der Waals surface area contributed by atoms with E-state index in [-0.39, 0.29) is 0 Å². The molecule has 1 unspecified atom stereocenters. The molecule has 0 aliphatic rings. The van der Waals surface area contributed by atoms with Gasteiger partial charge in [-0.2, -0.15) is 0 Å². The molecule has 5 heteroatoms. The summed E-state index contributed by atoms with van der Waals surface area (Å²) in [4.78, 5) is 19.4. The predicted molar refractivity (Wildman–Crippen MR) is 62.8 cm³/mol. The van der Waals surface area contributed by atoms with Gasteiger partial charge in [-0.25, -0.2) is 9.97 Å². The quantitative estimate of drug-likeness (QED) is 0.889. The van der Waals surface area contributed by atoms with E-state index in [1.807, 2.05) is 19.2 Å². The Hall–Kier alpha value is -1.49. The number of fused-ring (bicyclic) bond motifs is 1. The van der Waals surface area contributed by atoms with Crippen LogP contribution in [0, 0.1) is 6.92 Å². The Labute approximate surface area is 97.0 Å². The van der Waals surface area contributed by atoms with Crippen molar-refractivity contribution in [2.24, 2.45) is 0 Å². The molecule has 84 valence electrons. The number of aliphatic carboxylic acids is 1. The SMILES string of the molecule is CCC(C(=O)O)c1ncnc2c(C)csc12. The van der Waals surface area contributed by atoms with Crippen molar-refractivity contribution in [3.63, 3.8) is 0 Å². The highest BCUT2D eigenvalue weighted by Crippen LogP contribution is 2.31. The van der Waals surface area contributed by atoms with Gasteiger partial charge < -0.3 is 5.11 Å². The van der Waals surface area contributed by atoms with E-state index in [0.717, 1.165) is 15.8 Å². The molecule has 16 heavy (non-hydrogen) atoms. The van der Waals surface area contributed by atoms with E-state index in [9.17, 15) is 4.79 Å². The predicted octanol–water partition coefficient (Wildman–Crippen LogP) is 2.58. The molecule has 2 aromatic rings. The molecule has 1 N–H and O–H groups in total. The number of nitrogens with zero attached hydrogens (tertiary/aromatic N) is 2. The van der Waals surface area contributed by atoms with Crippen molar-refractivity contribution in [3.8, 4) is 0 Å². The minimum absolute atomic E-state index is 0.538. The smallest absolute Gasteiger partial charge is 0.312 e. The molecule has 0 saturated heterocycles. The van der Waals surface area contributed by atoms with Crippen LogP contribution in [0.15, 0.2) is 11.7 Å². The molecule has 0 aliphatic heterocycles. The van der Waals surface area contributed by atoms with Crippen LogP contribution in [-0.4, -0.2) is 21.0 Å². The Morgan fingerprint density at radius 2 is 2.31 bits per heavy atom. The molecule has 2 aromatic heterocycles. The van der Waals surface area contributed by atoms with Crippen LogP contribution in [-0.2, 0) is 4.79 Å². The van der Waals surface area contributed by atoms with E-state index in [4.69, 9.17) is 5.11 Å². The number of hydrogen-bond donors (Lipinski definition) is 1. The number of thiophene rings is 1. The van der Waals surface area contributed by atoms with Crippen molar-refractivity contribution >= 4 is 27.5 Å². The van der Waals surface area contributed by atoms with Crippen molar-refractivity contribution < 1.29 is 9.90 Å². The maximum absolute atomic E-state index is 11.1. The standard InChI is InChI=1S/C11H12N2O2S/c1-3-7(11(14)15)9-10-8(12-5-13-9)6(2)4-16-10/h4-5,7H,3H2,1-2H3,(H,14,15). The molecule has 0 bridgehead atoms. The summed E-state index contributed by atoms with van der Waals surface area (Å²) < 4.78 is 0.897. The van der Waals surface area contributed by atoms with Crippen molar-refractivity contribution in [1.82, 2.24) is 9.97 Å². The normalized spacial score (nSPS) is 12.9. The van der Waals surface area contributed by atoms with E-state index < -0.39 is 11.9 Å². The van der Waals surface area contributed by atoms with Crippen molar-refractivity contribution in [1.29, 1.82) is 0 Å². The van der Waals surface area contributed by atoms with Gasteiger partial charge in [0.15, 0.2) is 0 Å². The first-order chi connectivity index (χ1) is 7.65. The van der Waals surface area contributed by atoms with Crippen LogP contribution >= 0.6 is 11.3 Å². The zero-order chi connectivity index (χ0) is 11.7. The van der Waals surface area contributed by atoms with E-state index in [0.29, 0.717) is 12.1 Å². The topological polar surface area (TPSA) is 63.1 Å². The van der Waals surface area contributed by atoms with Crippen molar-refractivity contribution in [2.75, 3.05) is 0 Å². The minimum Gasteiger partial charge on any atom is -0.481 e. The van der Waals surface area contributed by atoms with Crippen molar-refractivity contribution in [3.05, 3.63) is 23.0 Å². The van der Waals surface area contributed by atoms with Gasteiger partial charge in [-0.05, 0) is 24.3 Å². The van der Waals surface area contributed by atoms with Gasteiger partial charge in [0.1, 0.15) is 12.2 Å². The summed E-state index contributed by atoms with van der Waals surface area (Å²) in [6.07, 6.45) is 1.99. The summed E-state index contributed by atoms with van der Waals surface area (Å²) in [5.74, 6) is -1.36. The highest BCUT2D eigenvalue weighted by atomic mass is 32.1. The van der Waals surface area contributed by atoms with E-state index in [2.05, 4.69) is 9.97 Å². The van der Waals surface area contributed by atoms with E-state index >= 15 is 0 Å². The fraction of sp³-hybridized carbons (Fsp3) is 0.364. The molecule has 0 spiro atoms. The lowest BCUT2D eigenvalue weighted by atomic mass is 10.0. The largest absolute Gasteiger partial charge is 0.481 e. The van der Waals surface area contributed by atoms with E-state index in [1.165, 1.54) is 17.7 Å². The Kier molecular flexibility index (Phi) is 2.87. The number of hydrogen-bond acceptors (Lipinski definition) is 4. The van der Waals surface area contributed by atoms with Gasteiger partial charge in [-0.15, -0.1) is 11.3 Å². The second-order valence-corrected chi connectivity index (χ2v) is 4.53. The molecule has 1 atom stereocenters. The van der Waals surface area contributed by atoms with Crippen LogP contribution < -0.4 is 0 Å². The Bertz CT molecular complexity index is 536. The second kappa shape index (κ2) is 4.17. The van der Waals surface area contributed by atoms with Gasteiger partial charge in [0.2, 0.25) is 0 Å². The lowest BCUT2D eigenvalue weighted by Gasteiger charge is -2.09. The second-order valence-electron chi connectivity index (χ2n) is 3.65. The average molecular weight is 236 g/mol. The van der Waals surface area contributed by atoms with Crippen LogP contribution in [0.2, 0.25) is 0 Å². The summed E-state index contributed by atoms with van der Waals surface area (Å²) in [7, 11) is 0. The molecule has 0 amide bonds. The van der Waals surface area contributed by atoms with Gasteiger partial charge in [0.25, 0.3) is 0 Å². The number of rotatable bonds is 3. The third-order valence-corrected chi connectivity index (χ3v) is 3.70. The lowest BCUT2D eigenvalue weighted by molar-refractivity contribution is -0.138. The van der Waals surface area contributed by atoms with E-state index in [1.54, 1.807) is 0 Å². The number of carboxylic acid groups (broad SMARTS) is 1. The lowest BCUT2D eigenvalue weighted by Crippen LogP contribution is -2.12. The van der Waals surface area contributed by atoms with Gasteiger partial charge in [-0.3, -0.25) is 4.79 Å². The summed E-state index contributed by atoms with van der Waals surface area (Å²) in [5, 5.41) is 11.1. The third-order valence-electron chi connectivity index (χ3n) is 2.59. The first-order valence-electron chi connectivity index (χ1n) is 5.06. The van der Waals surface area contributed by atoms with Crippen molar-refractivity contribution in [2.45, 2.75) is 26.2 Å². The van der Waals surface area contributed by atoms with Crippen LogP contribution in [0.4, 0.5) is 0 Å². The minimum atomic E-state index is -0.825. The molecule has 2 rings (SSSR count). The molecular weight excluding hydrogens is 224 g/mol. The maximum atomic E-state index is 11.1. The molecule has 0 aromatic carbocycles. The van der Waals surface area contributed by atoms with Gasteiger partial charge in [0, 0.05) is 0 Å². The first kappa shape index (κ1) is 11.0. The highest BCUT2D eigenvalue weighted by Gasteiger charge is 2.22. The van der Waals surface area contributed by atoms with Gasteiger partial charge >= 0.3 is 5.97 Å². The zero-order valence-corrected chi connectivity index (χ0v) is 9.91. The summed E-state index contributed by atoms with van der Waals surface area (Å²) in [6, 6.07) is 0. The molecule has 0 radical (unpaired) electrons. The molecule has 0 aliphatic carbocycles. The number of aromatic nitrogens is 2.